The summed E-state index contributed by atoms with van der Waals surface area (Å²) < 4.78 is 2.02. The molecule has 2 heterocycles. The fraction of sp³-hybridized carbons (Fsp3) is 0.364. The van der Waals surface area contributed by atoms with Crippen molar-refractivity contribution in [2.75, 3.05) is 0 Å². The highest BCUT2D eigenvalue weighted by molar-refractivity contribution is 5.55. The molecule has 0 fully saturated rings. The quantitative estimate of drug-likeness (QED) is 0.649. The molecule has 2 aromatic heterocycles. The molecule has 0 aliphatic carbocycles. The Morgan fingerprint density at radius 1 is 1.31 bits per heavy atom. The summed E-state index contributed by atoms with van der Waals surface area (Å²) in [4.78, 5) is 0. The molecule has 0 aliphatic heterocycles. The lowest BCUT2D eigenvalue weighted by molar-refractivity contribution is 0.902. The largest absolute Gasteiger partial charge is 0.238 e. The van der Waals surface area contributed by atoms with E-state index in [2.05, 4.69) is 38.0 Å². The van der Waals surface area contributed by atoms with E-state index in [-0.39, 0.29) is 0 Å². The molecule has 0 aliphatic rings. The molecule has 0 atom stereocenters. The summed E-state index contributed by atoms with van der Waals surface area (Å²) in [6.07, 6.45) is 3.01. The zero-order valence-electron chi connectivity index (χ0n) is 8.33. The van der Waals surface area contributed by atoms with E-state index in [4.69, 9.17) is 0 Å². The number of aromatic nitrogens is 2. The van der Waals surface area contributed by atoms with E-state index in [9.17, 15) is 0 Å². The minimum atomic E-state index is 1.05. The summed E-state index contributed by atoms with van der Waals surface area (Å²) in [5.74, 6) is 0. The molecule has 0 saturated heterocycles. The molecule has 2 aromatic rings. The summed E-state index contributed by atoms with van der Waals surface area (Å²) in [5, 5.41) is 4.37. The van der Waals surface area contributed by atoms with Crippen molar-refractivity contribution < 1.29 is 0 Å². The van der Waals surface area contributed by atoms with E-state index in [1.807, 2.05) is 10.7 Å². The van der Waals surface area contributed by atoms with Crippen molar-refractivity contribution in [1.29, 1.82) is 0 Å². The third-order valence-electron chi connectivity index (χ3n) is 2.65. The Balaban J connectivity index is 2.81. The van der Waals surface area contributed by atoms with Crippen molar-refractivity contribution in [3.05, 3.63) is 35.2 Å². The first kappa shape index (κ1) is 8.30. The topological polar surface area (TPSA) is 17.3 Å². The van der Waals surface area contributed by atoms with Gasteiger partial charge in [-0.15, -0.1) is 0 Å². The number of aryl methyl sites for hydroxylation is 3. The fourth-order valence-electron chi connectivity index (χ4n) is 1.60. The lowest BCUT2D eigenvalue weighted by Gasteiger charge is -2.03. The summed E-state index contributed by atoms with van der Waals surface area (Å²) in [6.45, 7) is 6.38. The third kappa shape index (κ3) is 1.13. The summed E-state index contributed by atoms with van der Waals surface area (Å²) in [5.41, 5.74) is 5.09. The Bertz CT molecular complexity index is 441. The van der Waals surface area contributed by atoms with Gasteiger partial charge in [0.2, 0.25) is 0 Å². The Kier molecular flexibility index (Phi) is 1.83. The third-order valence-corrected chi connectivity index (χ3v) is 2.65. The van der Waals surface area contributed by atoms with Crippen LogP contribution < -0.4 is 0 Å². The first-order valence-electron chi connectivity index (χ1n) is 4.67. The van der Waals surface area contributed by atoms with Crippen LogP contribution in [0.4, 0.5) is 0 Å². The Morgan fingerprint density at radius 2 is 2.08 bits per heavy atom. The van der Waals surface area contributed by atoms with Gasteiger partial charge in [-0.05, 0) is 37.5 Å². The minimum absolute atomic E-state index is 1.05. The van der Waals surface area contributed by atoms with Gasteiger partial charge in [0.25, 0.3) is 0 Å². The number of fused-ring (bicyclic) bond motifs is 1. The van der Waals surface area contributed by atoms with Crippen LogP contribution in [0.1, 0.15) is 23.7 Å². The number of nitrogens with zero attached hydrogens (tertiary/aromatic N) is 2. The van der Waals surface area contributed by atoms with Crippen LogP contribution in [0.25, 0.3) is 5.52 Å². The van der Waals surface area contributed by atoms with Crippen molar-refractivity contribution >= 4 is 5.52 Å². The highest BCUT2D eigenvalue weighted by Gasteiger charge is 2.04. The molecular weight excluding hydrogens is 160 g/mol. The molecule has 0 aromatic carbocycles. The van der Waals surface area contributed by atoms with Gasteiger partial charge in [-0.25, -0.2) is 4.52 Å². The van der Waals surface area contributed by atoms with Gasteiger partial charge in [0.15, 0.2) is 0 Å². The van der Waals surface area contributed by atoms with Crippen LogP contribution >= 0.6 is 0 Å². The summed E-state index contributed by atoms with van der Waals surface area (Å²) >= 11 is 0. The first-order valence-corrected chi connectivity index (χ1v) is 4.67. The van der Waals surface area contributed by atoms with Crippen LogP contribution in [0.2, 0.25) is 0 Å². The average Bonchev–Trinajstić information content (AvgIpc) is 2.55. The predicted octanol–water partition coefficient (Wildman–Crippen LogP) is 2.51. The molecular formula is C11H14N2. The Morgan fingerprint density at radius 3 is 2.77 bits per heavy atom. The number of hydrogen-bond acceptors (Lipinski definition) is 1. The predicted molar refractivity (Wildman–Crippen MR) is 54.0 cm³/mol. The van der Waals surface area contributed by atoms with E-state index < -0.39 is 0 Å². The normalized spacial score (nSPS) is 11.0. The molecule has 0 spiro atoms. The SMILES string of the molecule is CCc1cnn2c(C)c(C)ccc12. The van der Waals surface area contributed by atoms with Crippen LogP contribution in [0, 0.1) is 13.8 Å². The second kappa shape index (κ2) is 2.87. The zero-order chi connectivity index (χ0) is 9.42. The van der Waals surface area contributed by atoms with Crippen molar-refractivity contribution in [1.82, 2.24) is 9.61 Å². The van der Waals surface area contributed by atoms with Gasteiger partial charge < -0.3 is 0 Å². The van der Waals surface area contributed by atoms with Gasteiger partial charge in [-0.2, -0.15) is 5.10 Å². The molecule has 13 heavy (non-hydrogen) atoms. The van der Waals surface area contributed by atoms with E-state index in [0.717, 1.165) is 6.42 Å². The lowest BCUT2D eigenvalue weighted by atomic mass is 10.1. The smallest absolute Gasteiger partial charge is 0.0696 e. The Hall–Kier alpha value is -1.31. The highest BCUT2D eigenvalue weighted by atomic mass is 15.2. The van der Waals surface area contributed by atoms with Crippen LogP contribution in [-0.2, 0) is 6.42 Å². The van der Waals surface area contributed by atoms with Crippen molar-refractivity contribution in [2.24, 2.45) is 0 Å². The van der Waals surface area contributed by atoms with Gasteiger partial charge in [-0.3, -0.25) is 0 Å². The maximum atomic E-state index is 4.37. The van der Waals surface area contributed by atoms with Gasteiger partial charge in [0.05, 0.1) is 11.7 Å². The van der Waals surface area contributed by atoms with Gasteiger partial charge in [0.1, 0.15) is 0 Å². The zero-order valence-corrected chi connectivity index (χ0v) is 8.33. The van der Waals surface area contributed by atoms with Crippen LogP contribution in [0.5, 0.6) is 0 Å². The molecule has 68 valence electrons. The fourth-order valence-corrected chi connectivity index (χ4v) is 1.60. The molecule has 2 nitrogen and oxygen atoms in total. The second-order valence-corrected chi connectivity index (χ2v) is 3.42. The molecule has 0 saturated carbocycles. The molecule has 2 rings (SSSR count). The highest BCUT2D eigenvalue weighted by Crippen LogP contribution is 2.15. The lowest BCUT2D eigenvalue weighted by Crippen LogP contribution is -1.95. The Labute approximate surface area is 78.2 Å². The van der Waals surface area contributed by atoms with Crippen molar-refractivity contribution in [3.8, 4) is 0 Å². The van der Waals surface area contributed by atoms with Crippen molar-refractivity contribution in [2.45, 2.75) is 27.2 Å². The van der Waals surface area contributed by atoms with Gasteiger partial charge in [-0.1, -0.05) is 13.0 Å². The van der Waals surface area contributed by atoms with Gasteiger partial charge in [0, 0.05) is 5.69 Å². The monoisotopic (exact) mass is 174 g/mol. The summed E-state index contributed by atoms with van der Waals surface area (Å²) in [7, 11) is 0. The molecule has 0 radical (unpaired) electrons. The van der Waals surface area contributed by atoms with E-state index in [1.54, 1.807) is 0 Å². The number of pyridine rings is 1. The summed E-state index contributed by atoms with van der Waals surface area (Å²) in [6, 6.07) is 4.31. The van der Waals surface area contributed by atoms with Crippen LogP contribution in [0.3, 0.4) is 0 Å². The van der Waals surface area contributed by atoms with Crippen LogP contribution in [0.15, 0.2) is 18.3 Å². The van der Waals surface area contributed by atoms with Crippen LogP contribution in [-0.4, -0.2) is 9.61 Å². The molecule has 0 N–H and O–H groups in total. The molecule has 0 unspecified atom stereocenters. The maximum Gasteiger partial charge on any atom is 0.0696 e. The number of hydrogen-bond donors (Lipinski definition) is 0. The second-order valence-electron chi connectivity index (χ2n) is 3.42. The maximum absolute atomic E-state index is 4.37. The molecule has 0 amide bonds. The van der Waals surface area contributed by atoms with E-state index >= 15 is 0 Å². The van der Waals surface area contributed by atoms with E-state index in [1.165, 1.54) is 22.3 Å². The minimum Gasteiger partial charge on any atom is -0.238 e. The van der Waals surface area contributed by atoms with E-state index in [0.29, 0.717) is 0 Å². The van der Waals surface area contributed by atoms with Gasteiger partial charge >= 0.3 is 0 Å². The first-order chi connectivity index (χ1) is 6.24. The molecule has 2 heteroatoms. The molecule has 0 bridgehead atoms. The average molecular weight is 174 g/mol. The number of rotatable bonds is 1. The standard InChI is InChI=1S/C11H14N2/c1-4-10-7-12-13-9(3)8(2)5-6-11(10)13/h5-7H,4H2,1-3H3. The van der Waals surface area contributed by atoms with Crippen molar-refractivity contribution in [3.63, 3.8) is 0 Å².